The van der Waals surface area contributed by atoms with E-state index in [1.54, 1.807) is 0 Å². The number of ketones is 1. The lowest BCUT2D eigenvalue weighted by atomic mass is 10.1. The Bertz CT molecular complexity index is 1040. The third kappa shape index (κ3) is 4.99. The number of rotatable bonds is 9. The fraction of sp³-hybridized carbons (Fsp3) is 0.364. The molecule has 0 aliphatic heterocycles. The van der Waals surface area contributed by atoms with Gasteiger partial charge in [-0.05, 0) is 63.1 Å². The van der Waals surface area contributed by atoms with Crippen molar-refractivity contribution in [1.82, 2.24) is 20.2 Å². The first-order valence-corrected chi connectivity index (χ1v) is 11.0. The molecule has 30 heavy (non-hydrogen) atoms. The third-order valence-electron chi connectivity index (χ3n) is 4.97. The van der Waals surface area contributed by atoms with Gasteiger partial charge in [0, 0.05) is 41.1 Å². The maximum atomic E-state index is 12.0. The van der Waals surface area contributed by atoms with Crippen LogP contribution >= 0.6 is 11.8 Å². The summed E-state index contributed by atoms with van der Waals surface area (Å²) in [5.41, 5.74) is 2.98. The van der Waals surface area contributed by atoms with Gasteiger partial charge in [-0.2, -0.15) is 5.10 Å². The van der Waals surface area contributed by atoms with Crippen LogP contribution in [0.2, 0.25) is 0 Å². The van der Waals surface area contributed by atoms with Gasteiger partial charge in [0.15, 0.2) is 11.0 Å². The van der Waals surface area contributed by atoms with Crippen molar-refractivity contribution in [3.63, 3.8) is 0 Å². The fourth-order valence-corrected chi connectivity index (χ4v) is 3.89. The second-order valence-electron chi connectivity index (χ2n) is 7.58. The lowest BCUT2D eigenvalue weighted by molar-refractivity contribution is -0.119. The first kappa shape index (κ1) is 20.4. The fourth-order valence-electron chi connectivity index (χ4n) is 3.14. The van der Waals surface area contributed by atoms with E-state index in [0.29, 0.717) is 23.3 Å². The van der Waals surface area contributed by atoms with E-state index >= 15 is 0 Å². The van der Waals surface area contributed by atoms with Crippen LogP contribution in [0.3, 0.4) is 0 Å². The van der Waals surface area contributed by atoms with Crippen LogP contribution in [0.1, 0.15) is 36.6 Å². The van der Waals surface area contributed by atoms with E-state index in [1.807, 2.05) is 51.1 Å². The summed E-state index contributed by atoms with van der Waals surface area (Å²) in [5.74, 6) is 2.90. The summed E-state index contributed by atoms with van der Waals surface area (Å²) < 4.78 is 0. The second-order valence-corrected chi connectivity index (χ2v) is 8.62. The monoisotopic (exact) mass is 422 g/mol. The van der Waals surface area contributed by atoms with Gasteiger partial charge in [0.25, 0.3) is 0 Å². The van der Waals surface area contributed by atoms with Crippen LogP contribution in [-0.2, 0) is 11.2 Å². The van der Waals surface area contributed by atoms with Crippen LogP contribution in [0.15, 0.2) is 40.4 Å². The zero-order valence-corrected chi connectivity index (χ0v) is 18.3. The highest BCUT2D eigenvalue weighted by Gasteiger charge is 2.29. The minimum absolute atomic E-state index is 0.300. The van der Waals surface area contributed by atoms with Crippen LogP contribution in [0.25, 0.3) is 0 Å². The number of carbonyl (C=O) groups is 1. The van der Waals surface area contributed by atoms with Gasteiger partial charge in [-0.25, -0.2) is 9.97 Å². The Hall–Kier alpha value is -2.87. The lowest BCUT2D eigenvalue weighted by Crippen LogP contribution is -2.07. The molecule has 1 aliphatic rings. The average molecular weight is 423 g/mol. The molecule has 0 atom stereocenters. The van der Waals surface area contributed by atoms with Gasteiger partial charge in [-0.1, -0.05) is 12.1 Å². The summed E-state index contributed by atoms with van der Waals surface area (Å²) in [6.45, 7) is 6.75. The molecular formula is C22H26N6OS. The highest BCUT2D eigenvalue weighted by molar-refractivity contribution is 7.99. The molecule has 0 radical (unpaired) electrons. The van der Waals surface area contributed by atoms with Crippen LogP contribution < -0.4 is 10.6 Å². The van der Waals surface area contributed by atoms with E-state index in [-0.39, 0.29) is 0 Å². The average Bonchev–Trinajstić information content (AvgIpc) is 3.50. The molecule has 0 amide bonds. The number of Topliss-reactive ketones (excluding diaryl/α,β-unsaturated/α-hetero) is 1. The number of H-pyrrole nitrogens is 1. The predicted octanol–water partition coefficient (Wildman–Crippen LogP) is 4.66. The standard InChI is InChI=1S/C22H26N6OS/c1-4-23-20-14(3)21(24-19-11-13(2)27-28-19)26-22(25-20)30-17-9-5-15(6-10-17)12-18(29)16-7-8-16/h5-6,9-11,16H,4,7-8,12H2,1-3H3,(H3,23,24,25,26,27,28). The Labute approximate surface area is 180 Å². The normalized spacial score (nSPS) is 13.3. The van der Waals surface area contributed by atoms with Gasteiger partial charge in [-0.15, -0.1) is 0 Å². The first-order valence-electron chi connectivity index (χ1n) is 10.2. The van der Waals surface area contributed by atoms with Gasteiger partial charge in [-0.3, -0.25) is 9.89 Å². The summed E-state index contributed by atoms with van der Waals surface area (Å²) in [7, 11) is 0. The van der Waals surface area contributed by atoms with E-state index in [9.17, 15) is 4.79 Å². The van der Waals surface area contributed by atoms with E-state index < -0.39 is 0 Å². The van der Waals surface area contributed by atoms with Crippen LogP contribution in [0.4, 0.5) is 17.5 Å². The molecule has 3 aromatic rings. The van der Waals surface area contributed by atoms with Crippen LogP contribution in [-0.4, -0.2) is 32.5 Å². The van der Waals surface area contributed by atoms with Gasteiger partial charge < -0.3 is 10.6 Å². The maximum absolute atomic E-state index is 12.0. The number of nitrogens with zero attached hydrogens (tertiary/aromatic N) is 3. The molecule has 0 bridgehead atoms. The van der Waals surface area contributed by atoms with Gasteiger partial charge >= 0.3 is 0 Å². The molecule has 2 heterocycles. The molecule has 7 nitrogen and oxygen atoms in total. The predicted molar refractivity (Wildman–Crippen MR) is 120 cm³/mol. The molecule has 0 spiro atoms. The largest absolute Gasteiger partial charge is 0.370 e. The topological polar surface area (TPSA) is 95.6 Å². The lowest BCUT2D eigenvalue weighted by Gasteiger charge is -2.13. The molecule has 2 aromatic heterocycles. The first-order chi connectivity index (χ1) is 14.5. The molecule has 0 unspecified atom stereocenters. The van der Waals surface area contributed by atoms with Crippen molar-refractivity contribution in [2.24, 2.45) is 5.92 Å². The molecule has 0 saturated heterocycles. The Morgan fingerprint density at radius 3 is 2.53 bits per heavy atom. The van der Waals surface area contributed by atoms with Crippen molar-refractivity contribution in [1.29, 1.82) is 0 Å². The van der Waals surface area contributed by atoms with Gasteiger partial charge in [0.2, 0.25) is 0 Å². The van der Waals surface area contributed by atoms with E-state index in [4.69, 9.17) is 4.98 Å². The van der Waals surface area contributed by atoms with Crippen molar-refractivity contribution in [2.45, 2.75) is 50.1 Å². The Balaban J connectivity index is 1.52. The Morgan fingerprint density at radius 2 is 1.90 bits per heavy atom. The number of carbonyl (C=O) groups excluding carboxylic acids is 1. The minimum atomic E-state index is 0.300. The van der Waals surface area contributed by atoms with Crippen molar-refractivity contribution < 1.29 is 4.79 Å². The summed E-state index contributed by atoms with van der Waals surface area (Å²) in [6.07, 6.45) is 2.64. The molecule has 1 aromatic carbocycles. The zero-order chi connectivity index (χ0) is 21.1. The zero-order valence-electron chi connectivity index (χ0n) is 17.5. The number of hydrogen-bond acceptors (Lipinski definition) is 7. The Kier molecular flexibility index (Phi) is 6.03. The molecule has 4 rings (SSSR count). The quantitative estimate of drug-likeness (QED) is 0.431. The molecular weight excluding hydrogens is 396 g/mol. The van der Waals surface area contributed by atoms with Crippen molar-refractivity contribution in [3.05, 3.63) is 47.2 Å². The van der Waals surface area contributed by atoms with Gasteiger partial charge in [0.05, 0.1) is 0 Å². The molecule has 1 saturated carbocycles. The minimum Gasteiger partial charge on any atom is -0.370 e. The highest BCUT2D eigenvalue weighted by Crippen LogP contribution is 2.32. The van der Waals surface area contributed by atoms with Crippen molar-refractivity contribution >= 4 is 35.0 Å². The number of anilines is 3. The van der Waals surface area contributed by atoms with E-state index in [0.717, 1.165) is 58.6 Å². The maximum Gasteiger partial charge on any atom is 0.196 e. The highest BCUT2D eigenvalue weighted by atomic mass is 32.2. The third-order valence-corrected chi connectivity index (χ3v) is 5.84. The summed E-state index contributed by atoms with van der Waals surface area (Å²) >= 11 is 1.50. The van der Waals surface area contributed by atoms with Crippen LogP contribution in [0, 0.1) is 19.8 Å². The van der Waals surface area contributed by atoms with E-state index in [2.05, 4.69) is 25.8 Å². The number of aromatic nitrogens is 4. The number of benzene rings is 1. The molecule has 3 N–H and O–H groups in total. The molecule has 1 aliphatic carbocycles. The summed E-state index contributed by atoms with van der Waals surface area (Å²) in [5, 5.41) is 14.4. The number of aromatic amines is 1. The summed E-state index contributed by atoms with van der Waals surface area (Å²) in [6, 6.07) is 10.0. The van der Waals surface area contributed by atoms with Gasteiger partial charge in [0.1, 0.15) is 17.4 Å². The second kappa shape index (κ2) is 8.87. The number of aryl methyl sites for hydroxylation is 1. The molecule has 8 heteroatoms. The van der Waals surface area contributed by atoms with E-state index in [1.165, 1.54) is 11.8 Å². The smallest absolute Gasteiger partial charge is 0.196 e. The van der Waals surface area contributed by atoms with Crippen LogP contribution in [0.5, 0.6) is 0 Å². The van der Waals surface area contributed by atoms with Crippen molar-refractivity contribution in [2.75, 3.05) is 17.2 Å². The SMILES string of the molecule is CCNc1nc(Sc2ccc(CC(=O)C3CC3)cc2)nc(Nc2cc(C)[nH]n2)c1C. The number of nitrogens with one attached hydrogen (secondary N) is 3. The Morgan fingerprint density at radius 1 is 1.17 bits per heavy atom. The summed E-state index contributed by atoms with van der Waals surface area (Å²) in [4.78, 5) is 22.5. The van der Waals surface area contributed by atoms with Crippen molar-refractivity contribution in [3.8, 4) is 0 Å². The molecule has 1 fully saturated rings. The number of hydrogen-bond donors (Lipinski definition) is 3. The molecule has 156 valence electrons.